The second kappa shape index (κ2) is 8.86. The Morgan fingerprint density at radius 2 is 1.94 bits per heavy atom. The van der Waals surface area contributed by atoms with E-state index in [1.807, 2.05) is 6.92 Å². The number of benzene rings is 2. The van der Waals surface area contributed by atoms with Crippen LogP contribution in [0.5, 0.6) is 5.75 Å². The van der Waals surface area contributed by atoms with Gasteiger partial charge in [-0.05, 0) is 63.6 Å². The van der Waals surface area contributed by atoms with E-state index in [4.69, 9.17) is 15.2 Å². The van der Waals surface area contributed by atoms with Gasteiger partial charge in [0.25, 0.3) is 5.91 Å². The summed E-state index contributed by atoms with van der Waals surface area (Å²) in [5.41, 5.74) is 7.68. The summed E-state index contributed by atoms with van der Waals surface area (Å²) in [6.45, 7) is 7.03. The normalized spacial score (nSPS) is 11.1. The monoisotopic (exact) mass is 423 g/mol. The Bertz CT molecular complexity index is 1080. The molecule has 3 rings (SSSR count). The molecule has 162 valence electrons. The molecule has 0 unspecified atom stereocenters. The fourth-order valence-electron chi connectivity index (χ4n) is 2.79. The number of rotatable bonds is 6. The van der Waals surface area contributed by atoms with Crippen LogP contribution in [0, 0.1) is 6.92 Å². The van der Waals surface area contributed by atoms with Crippen molar-refractivity contribution in [1.82, 2.24) is 14.8 Å². The van der Waals surface area contributed by atoms with E-state index in [1.54, 1.807) is 63.2 Å². The molecule has 0 aliphatic rings. The van der Waals surface area contributed by atoms with Crippen molar-refractivity contribution in [3.63, 3.8) is 0 Å². The summed E-state index contributed by atoms with van der Waals surface area (Å²) >= 11 is 0. The first-order valence-corrected chi connectivity index (χ1v) is 9.64. The van der Waals surface area contributed by atoms with Gasteiger partial charge < -0.3 is 20.5 Å². The van der Waals surface area contributed by atoms with E-state index in [0.717, 1.165) is 10.2 Å². The largest absolute Gasteiger partial charge is 0.482 e. The highest BCUT2D eigenvalue weighted by atomic mass is 16.6. The van der Waals surface area contributed by atoms with Crippen molar-refractivity contribution in [2.24, 2.45) is 0 Å². The Kier molecular flexibility index (Phi) is 6.24. The van der Waals surface area contributed by atoms with E-state index < -0.39 is 11.6 Å². The maximum atomic E-state index is 12.6. The summed E-state index contributed by atoms with van der Waals surface area (Å²) in [4.78, 5) is 28.6. The topological polar surface area (TPSA) is 121 Å². The smallest absolute Gasteiger partial charge is 0.344 e. The summed E-state index contributed by atoms with van der Waals surface area (Å²) in [5, 5.41) is 7.18. The van der Waals surface area contributed by atoms with Crippen LogP contribution >= 0.6 is 0 Å². The Balaban J connectivity index is 1.65. The van der Waals surface area contributed by atoms with Gasteiger partial charge in [0.05, 0.1) is 0 Å². The minimum atomic E-state index is -0.573. The van der Waals surface area contributed by atoms with Crippen molar-refractivity contribution in [1.29, 1.82) is 0 Å². The van der Waals surface area contributed by atoms with E-state index in [1.165, 1.54) is 6.33 Å². The highest BCUT2D eigenvalue weighted by molar-refractivity contribution is 5.96. The molecular formula is C22H25N5O4. The van der Waals surface area contributed by atoms with Crippen LogP contribution in [0.15, 0.2) is 48.8 Å². The van der Waals surface area contributed by atoms with Gasteiger partial charge in [0, 0.05) is 23.0 Å². The quantitative estimate of drug-likeness (QED) is 0.457. The maximum Gasteiger partial charge on any atom is 0.344 e. The molecule has 3 aromatic rings. The predicted octanol–water partition coefficient (Wildman–Crippen LogP) is 3.32. The Hall–Kier alpha value is -3.88. The summed E-state index contributed by atoms with van der Waals surface area (Å²) in [6.07, 6.45) is 1.33. The fourth-order valence-corrected chi connectivity index (χ4v) is 2.79. The number of aromatic nitrogens is 3. The number of nitrogens with two attached hydrogens (primary N) is 1. The lowest BCUT2D eigenvalue weighted by Crippen LogP contribution is -2.27. The standard InChI is InChI=1S/C22H25N5O4/c1-14-8-15(10-16(23)9-14)20(29)27-13-24-21(26-27)25-17-6-5-7-18(11-17)30-12-19(28)31-22(2,3)4/h5-11,13H,12,23H2,1-4H3,(H,25,26). The zero-order valence-electron chi connectivity index (χ0n) is 17.9. The minimum absolute atomic E-state index is 0.207. The lowest BCUT2D eigenvalue weighted by Gasteiger charge is -2.19. The van der Waals surface area contributed by atoms with Crippen LogP contribution < -0.4 is 15.8 Å². The Morgan fingerprint density at radius 1 is 1.16 bits per heavy atom. The molecule has 2 aromatic carbocycles. The number of hydrogen-bond donors (Lipinski definition) is 2. The van der Waals surface area contributed by atoms with Gasteiger partial charge in [-0.25, -0.2) is 4.79 Å². The lowest BCUT2D eigenvalue weighted by molar-refractivity contribution is -0.157. The average molecular weight is 423 g/mol. The third kappa shape index (κ3) is 6.30. The van der Waals surface area contributed by atoms with Gasteiger partial charge in [-0.3, -0.25) is 4.79 Å². The molecule has 0 saturated carbocycles. The van der Waals surface area contributed by atoms with Crippen molar-refractivity contribution in [2.75, 3.05) is 17.7 Å². The minimum Gasteiger partial charge on any atom is -0.482 e. The average Bonchev–Trinajstić information content (AvgIpc) is 3.12. The first-order valence-electron chi connectivity index (χ1n) is 9.64. The van der Waals surface area contributed by atoms with Crippen LogP contribution in [0.1, 0.15) is 36.7 Å². The number of anilines is 3. The van der Waals surface area contributed by atoms with Gasteiger partial charge in [-0.2, -0.15) is 9.67 Å². The van der Waals surface area contributed by atoms with E-state index in [-0.39, 0.29) is 18.5 Å². The lowest BCUT2D eigenvalue weighted by atomic mass is 10.1. The van der Waals surface area contributed by atoms with Crippen LogP contribution in [-0.4, -0.2) is 38.8 Å². The van der Waals surface area contributed by atoms with Crippen molar-refractivity contribution in [2.45, 2.75) is 33.3 Å². The van der Waals surface area contributed by atoms with E-state index in [9.17, 15) is 9.59 Å². The molecule has 1 heterocycles. The SMILES string of the molecule is Cc1cc(N)cc(C(=O)n2cnc(Nc3cccc(OCC(=O)OC(C)(C)C)c3)n2)c1. The molecule has 0 aliphatic heterocycles. The number of hydrogen-bond acceptors (Lipinski definition) is 8. The molecule has 9 nitrogen and oxygen atoms in total. The number of esters is 1. The number of nitrogens with one attached hydrogen (secondary N) is 1. The predicted molar refractivity (Wildman–Crippen MR) is 116 cm³/mol. The third-order valence-corrected chi connectivity index (χ3v) is 3.91. The van der Waals surface area contributed by atoms with Crippen molar-refractivity contribution < 1.29 is 19.1 Å². The fraction of sp³-hybridized carbons (Fsp3) is 0.273. The molecule has 3 N–H and O–H groups in total. The zero-order valence-corrected chi connectivity index (χ0v) is 17.9. The van der Waals surface area contributed by atoms with Crippen LogP contribution in [0.4, 0.5) is 17.3 Å². The molecule has 0 saturated heterocycles. The molecule has 0 bridgehead atoms. The summed E-state index contributed by atoms with van der Waals surface area (Å²) < 4.78 is 11.8. The van der Waals surface area contributed by atoms with Gasteiger partial charge >= 0.3 is 5.97 Å². The number of aryl methyl sites for hydroxylation is 1. The molecule has 0 atom stereocenters. The molecular weight excluding hydrogens is 398 g/mol. The molecule has 1 aromatic heterocycles. The summed E-state index contributed by atoms with van der Waals surface area (Å²) in [7, 11) is 0. The molecule has 9 heteroatoms. The van der Waals surface area contributed by atoms with Crippen LogP contribution in [0.2, 0.25) is 0 Å². The first-order chi connectivity index (χ1) is 14.6. The van der Waals surface area contributed by atoms with E-state index in [2.05, 4.69) is 15.4 Å². The summed E-state index contributed by atoms with van der Waals surface area (Å²) in [6, 6.07) is 12.0. The van der Waals surface area contributed by atoms with Gasteiger partial charge in [0.15, 0.2) is 6.61 Å². The zero-order chi connectivity index (χ0) is 22.6. The maximum absolute atomic E-state index is 12.6. The second-order valence-corrected chi connectivity index (χ2v) is 7.98. The molecule has 0 fully saturated rings. The van der Waals surface area contributed by atoms with Gasteiger partial charge in [0.1, 0.15) is 17.7 Å². The number of nitrogens with zero attached hydrogens (tertiary/aromatic N) is 3. The van der Waals surface area contributed by atoms with Crippen LogP contribution in [-0.2, 0) is 9.53 Å². The van der Waals surface area contributed by atoms with E-state index >= 15 is 0 Å². The number of carbonyl (C=O) groups is 2. The van der Waals surface area contributed by atoms with Gasteiger partial charge in [-0.15, -0.1) is 5.10 Å². The highest BCUT2D eigenvalue weighted by Gasteiger charge is 2.17. The van der Waals surface area contributed by atoms with Crippen LogP contribution in [0.25, 0.3) is 0 Å². The van der Waals surface area contributed by atoms with Gasteiger partial charge in [0.2, 0.25) is 5.95 Å². The summed E-state index contributed by atoms with van der Waals surface area (Å²) in [5.74, 6) is -0.0909. The van der Waals surface area contributed by atoms with Crippen molar-refractivity contribution in [3.05, 3.63) is 59.9 Å². The van der Waals surface area contributed by atoms with E-state index in [0.29, 0.717) is 22.7 Å². The molecule has 0 spiro atoms. The highest BCUT2D eigenvalue weighted by Crippen LogP contribution is 2.20. The number of ether oxygens (including phenoxy) is 2. The first kappa shape index (κ1) is 21.8. The number of nitrogen functional groups attached to an aromatic ring is 1. The Labute approximate surface area is 180 Å². The Morgan fingerprint density at radius 3 is 2.65 bits per heavy atom. The number of carbonyl (C=O) groups excluding carboxylic acids is 2. The molecule has 0 amide bonds. The van der Waals surface area contributed by atoms with Crippen molar-refractivity contribution in [3.8, 4) is 5.75 Å². The molecule has 0 aliphatic carbocycles. The second-order valence-electron chi connectivity index (χ2n) is 7.98. The third-order valence-electron chi connectivity index (χ3n) is 3.91. The molecule has 0 radical (unpaired) electrons. The van der Waals surface area contributed by atoms with Crippen LogP contribution in [0.3, 0.4) is 0 Å². The van der Waals surface area contributed by atoms with Crippen molar-refractivity contribution >= 4 is 29.2 Å². The molecule has 31 heavy (non-hydrogen) atoms. The van der Waals surface area contributed by atoms with Gasteiger partial charge in [-0.1, -0.05) is 6.07 Å².